The number of benzene rings is 1. The number of ether oxygens (including phenoxy) is 1. The number of rotatable bonds is 7. The van der Waals surface area contributed by atoms with Gasteiger partial charge in [0, 0.05) is 30.7 Å². The lowest BCUT2D eigenvalue weighted by molar-refractivity contribution is 0.0643. The average molecular weight is 391 g/mol. The van der Waals surface area contributed by atoms with Crippen LogP contribution in [0.2, 0.25) is 0 Å². The summed E-state index contributed by atoms with van der Waals surface area (Å²) in [7, 11) is 0. The smallest absolute Gasteiger partial charge is 0.316 e. The molecule has 3 rings (SSSR count). The Kier molecular flexibility index (Phi) is 6.49. The van der Waals surface area contributed by atoms with Crippen LogP contribution >= 0.6 is 0 Å². The molecule has 1 amide bonds. The first-order valence-electron chi connectivity index (χ1n) is 9.61. The number of carbonyl (C=O) groups excluding carboxylic acids is 1. The number of likely N-dealkylation sites (N-methyl/N-ethyl adjacent to an activating group) is 1. The minimum Gasteiger partial charge on any atom is -0.461 e. The fourth-order valence-corrected chi connectivity index (χ4v) is 2.99. The molecule has 0 unspecified atom stereocenters. The van der Waals surface area contributed by atoms with Gasteiger partial charge < -0.3 is 9.64 Å². The summed E-state index contributed by atoms with van der Waals surface area (Å²) in [5.74, 6) is 0.489. The van der Waals surface area contributed by atoms with Crippen molar-refractivity contribution in [3.05, 3.63) is 65.9 Å². The zero-order chi connectivity index (χ0) is 20.8. The SMILES string of the molecule is CCN(C(=O)c1cnc(C)nc1-c1ccccc1)[C@@H](C)COc1ncc(C)cn1. The van der Waals surface area contributed by atoms with Crippen molar-refractivity contribution in [2.45, 2.75) is 33.7 Å². The van der Waals surface area contributed by atoms with Crippen molar-refractivity contribution in [1.82, 2.24) is 24.8 Å². The predicted octanol–water partition coefficient (Wildman–Crippen LogP) is 3.48. The maximum absolute atomic E-state index is 13.3. The van der Waals surface area contributed by atoms with Crippen LogP contribution in [-0.4, -0.2) is 49.9 Å². The molecule has 0 fully saturated rings. The van der Waals surface area contributed by atoms with Gasteiger partial charge in [0.1, 0.15) is 12.4 Å². The number of hydrogen-bond acceptors (Lipinski definition) is 6. The third-order valence-electron chi connectivity index (χ3n) is 4.53. The van der Waals surface area contributed by atoms with Crippen molar-refractivity contribution in [3.63, 3.8) is 0 Å². The van der Waals surface area contributed by atoms with Crippen LogP contribution < -0.4 is 4.74 Å². The van der Waals surface area contributed by atoms with Crippen molar-refractivity contribution in [2.24, 2.45) is 0 Å². The Balaban J connectivity index is 1.81. The fraction of sp³-hybridized carbons (Fsp3) is 0.318. The van der Waals surface area contributed by atoms with Crippen LogP contribution in [0.4, 0.5) is 0 Å². The molecule has 1 atom stereocenters. The van der Waals surface area contributed by atoms with Crippen LogP contribution in [-0.2, 0) is 0 Å². The fourth-order valence-electron chi connectivity index (χ4n) is 2.99. The molecule has 0 saturated heterocycles. The van der Waals surface area contributed by atoms with Crippen molar-refractivity contribution in [1.29, 1.82) is 0 Å². The van der Waals surface area contributed by atoms with Crippen LogP contribution in [0.15, 0.2) is 48.9 Å². The summed E-state index contributed by atoms with van der Waals surface area (Å²) in [6.07, 6.45) is 5.00. The van der Waals surface area contributed by atoms with Gasteiger partial charge in [0.15, 0.2) is 0 Å². The van der Waals surface area contributed by atoms with Crippen LogP contribution in [0.3, 0.4) is 0 Å². The molecule has 0 radical (unpaired) electrons. The third kappa shape index (κ3) is 4.93. The minimum atomic E-state index is -0.178. The van der Waals surface area contributed by atoms with E-state index in [2.05, 4.69) is 19.9 Å². The van der Waals surface area contributed by atoms with Gasteiger partial charge in [-0.15, -0.1) is 0 Å². The van der Waals surface area contributed by atoms with E-state index in [1.807, 2.05) is 58.0 Å². The summed E-state index contributed by atoms with van der Waals surface area (Å²) < 4.78 is 5.68. The predicted molar refractivity (Wildman–Crippen MR) is 111 cm³/mol. The highest BCUT2D eigenvalue weighted by molar-refractivity contribution is 5.99. The maximum atomic E-state index is 13.3. The van der Waals surface area contributed by atoms with Crippen LogP contribution in [0.25, 0.3) is 11.3 Å². The molecule has 7 heteroatoms. The second-order valence-corrected chi connectivity index (χ2v) is 6.84. The van der Waals surface area contributed by atoms with E-state index in [0.29, 0.717) is 29.6 Å². The molecule has 0 aliphatic carbocycles. The molecule has 0 bridgehead atoms. The Hall–Kier alpha value is -3.35. The molecule has 150 valence electrons. The molecule has 0 aliphatic rings. The molecule has 0 N–H and O–H groups in total. The second kappa shape index (κ2) is 9.23. The lowest BCUT2D eigenvalue weighted by atomic mass is 10.1. The monoisotopic (exact) mass is 391 g/mol. The van der Waals surface area contributed by atoms with Crippen LogP contribution in [0.1, 0.15) is 35.6 Å². The normalized spacial score (nSPS) is 11.7. The second-order valence-electron chi connectivity index (χ2n) is 6.84. The highest BCUT2D eigenvalue weighted by Crippen LogP contribution is 2.23. The number of nitrogens with zero attached hydrogens (tertiary/aromatic N) is 5. The summed E-state index contributed by atoms with van der Waals surface area (Å²) in [4.78, 5) is 32.2. The van der Waals surface area contributed by atoms with Crippen molar-refractivity contribution in [3.8, 4) is 17.3 Å². The zero-order valence-electron chi connectivity index (χ0n) is 17.2. The Morgan fingerprint density at radius 2 is 1.76 bits per heavy atom. The number of aromatic nitrogens is 4. The lowest BCUT2D eigenvalue weighted by Gasteiger charge is -2.28. The molecule has 2 aromatic heterocycles. The van der Waals surface area contributed by atoms with E-state index in [-0.39, 0.29) is 18.6 Å². The Bertz CT molecular complexity index is 961. The summed E-state index contributed by atoms with van der Waals surface area (Å²) >= 11 is 0. The minimum absolute atomic E-state index is 0.132. The molecule has 7 nitrogen and oxygen atoms in total. The summed E-state index contributed by atoms with van der Waals surface area (Å²) in [5, 5.41) is 0. The van der Waals surface area contributed by atoms with E-state index >= 15 is 0 Å². The van der Waals surface area contributed by atoms with Gasteiger partial charge in [-0.2, -0.15) is 0 Å². The van der Waals surface area contributed by atoms with E-state index in [4.69, 9.17) is 4.74 Å². The quantitative estimate of drug-likeness (QED) is 0.613. The number of amides is 1. The maximum Gasteiger partial charge on any atom is 0.316 e. The first-order valence-corrected chi connectivity index (χ1v) is 9.61. The highest BCUT2D eigenvalue weighted by atomic mass is 16.5. The van der Waals surface area contributed by atoms with Gasteiger partial charge in [0.2, 0.25) is 0 Å². The molecule has 3 aromatic rings. The molecular weight excluding hydrogens is 366 g/mol. The molecule has 2 heterocycles. The average Bonchev–Trinajstić information content (AvgIpc) is 2.74. The summed E-state index contributed by atoms with van der Waals surface area (Å²) in [5.41, 5.74) is 2.96. The highest BCUT2D eigenvalue weighted by Gasteiger charge is 2.24. The van der Waals surface area contributed by atoms with Crippen molar-refractivity contribution in [2.75, 3.05) is 13.2 Å². The number of carbonyl (C=O) groups is 1. The Morgan fingerprint density at radius 3 is 2.41 bits per heavy atom. The molecule has 1 aromatic carbocycles. The number of hydrogen-bond donors (Lipinski definition) is 0. The van der Waals surface area contributed by atoms with E-state index in [1.165, 1.54) is 0 Å². The van der Waals surface area contributed by atoms with Gasteiger partial charge >= 0.3 is 6.01 Å². The Labute approximate surface area is 170 Å². The molecule has 0 aliphatic heterocycles. The van der Waals surface area contributed by atoms with Gasteiger partial charge in [0.25, 0.3) is 5.91 Å². The van der Waals surface area contributed by atoms with E-state index in [9.17, 15) is 4.79 Å². The first kappa shape index (κ1) is 20.4. The summed E-state index contributed by atoms with van der Waals surface area (Å²) in [6.45, 7) is 8.42. The molecular formula is C22H25N5O2. The largest absolute Gasteiger partial charge is 0.461 e. The van der Waals surface area contributed by atoms with Gasteiger partial charge in [-0.3, -0.25) is 4.79 Å². The van der Waals surface area contributed by atoms with Crippen LogP contribution in [0, 0.1) is 13.8 Å². The van der Waals surface area contributed by atoms with E-state index in [1.54, 1.807) is 23.5 Å². The zero-order valence-corrected chi connectivity index (χ0v) is 17.2. The standard InChI is InChI=1S/C22H25N5O2/c1-5-27(16(3)14-29-22-24-11-15(2)12-25-22)21(28)19-13-23-17(4)26-20(19)18-9-7-6-8-10-18/h6-13,16H,5,14H2,1-4H3/t16-/m0/s1. The van der Waals surface area contributed by atoms with Gasteiger partial charge in [0.05, 0.1) is 17.3 Å². The van der Waals surface area contributed by atoms with Crippen molar-refractivity contribution >= 4 is 5.91 Å². The van der Waals surface area contributed by atoms with E-state index in [0.717, 1.165) is 11.1 Å². The van der Waals surface area contributed by atoms with Gasteiger partial charge in [-0.1, -0.05) is 30.3 Å². The van der Waals surface area contributed by atoms with Crippen LogP contribution in [0.5, 0.6) is 6.01 Å². The molecule has 0 spiro atoms. The van der Waals surface area contributed by atoms with E-state index < -0.39 is 0 Å². The summed E-state index contributed by atoms with van der Waals surface area (Å²) in [6, 6.07) is 9.79. The first-order chi connectivity index (χ1) is 14.0. The molecule has 29 heavy (non-hydrogen) atoms. The van der Waals surface area contributed by atoms with Gasteiger partial charge in [-0.05, 0) is 33.3 Å². The lowest BCUT2D eigenvalue weighted by Crippen LogP contribution is -2.42. The Morgan fingerprint density at radius 1 is 1.07 bits per heavy atom. The topological polar surface area (TPSA) is 81.1 Å². The molecule has 0 saturated carbocycles. The van der Waals surface area contributed by atoms with Crippen molar-refractivity contribution < 1.29 is 9.53 Å². The number of aryl methyl sites for hydroxylation is 2. The van der Waals surface area contributed by atoms with Gasteiger partial charge in [-0.25, -0.2) is 19.9 Å². The third-order valence-corrected chi connectivity index (χ3v) is 4.53.